The lowest BCUT2D eigenvalue weighted by Gasteiger charge is -2.63. The second kappa shape index (κ2) is 13.2. The second-order valence-electron chi connectivity index (χ2n) is 19.5. The zero-order valence-corrected chi connectivity index (χ0v) is 31.9. The highest BCUT2D eigenvalue weighted by molar-refractivity contribution is 5.81. The first-order valence-corrected chi connectivity index (χ1v) is 20.7. The van der Waals surface area contributed by atoms with E-state index < -0.39 is 23.6 Å². The molecule has 2 bridgehead atoms. The van der Waals surface area contributed by atoms with E-state index in [0.29, 0.717) is 53.8 Å². The maximum absolute atomic E-state index is 12.3. The van der Waals surface area contributed by atoms with E-state index >= 15 is 0 Å². The summed E-state index contributed by atoms with van der Waals surface area (Å²) in [6.07, 6.45) is 12.9. The maximum Gasteiger partial charge on any atom is 0.322 e. The molecule has 1 amide bonds. The first-order valence-electron chi connectivity index (χ1n) is 20.7. The minimum Gasteiger partial charge on any atom is -0.480 e. The molecule has 4 heterocycles. The van der Waals surface area contributed by atoms with Gasteiger partial charge in [0.1, 0.15) is 6.54 Å². The average molecular weight is 716 g/mol. The Hall–Kier alpha value is -1.30. The number of amides is 1. The Bertz CT molecular complexity index is 1350. The molecule has 0 unspecified atom stereocenters. The Morgan fingerprint density at radius 1 is 0.902 bits per heavy atom. The van der Waals surface area contributed by atoms with Crippen LogP contribution in [0, 0.1) is 70.0 Å². The van der Waals surface area contributed by atoms with Gasteiger partial charge in [-0.2, -0.15) is 0 Å². The highest BCUT2D eigenvalue weighted by Gasteiger charge is 2.70. The van der Waals surface area contributed by atoms with E-state index in [1.54, 1.807) is 0 Å². The highest BCUT2D eigenvalue weighted by Crippen LogP contribution is 2.69. The van der Waals surface area contributed by atoms with Gasteiger partial charge in [0.15, 0.2) is 18.2 Å². The molecule has 9 rings (SSSR count). The van der Waals surface area contributed by atoms with Gasteiger partial charge in [-0.1, -0.05) is 34.6 Å². The third kappa shape index (κ3) is 5.77. The minimum atomic E-state index is -1.02. The molecular weight excluding hydrogens is 650 g/mol. The number of fused-ring (bicyclic) bond motifs is 7. The van der Waals surface area contributed by atoms with Gasteiger partial charge in [0.25, 0.3) is 0 Å². The van der Waals surface area contributed by atoms with Crippen LogP contribution in [0.3, 0.4) is 0 Å². The van der Waals surface area contributed by atoms with Crippen LogP contribution in [0.15, 0.2) is 0 Å². The number of aliphatic hydroxyl groups excluding tert-OH is 1. The van der Waals surface area contributed by atoms with Crippen LogP contribution in [0.4, 0.5) is 0 Å². The molecule has 0 aromatic heterocycles. The lowest BCUT2D eigenvalue weighted by molar-refractivity contribution is -0.578. The van der Waals surface area contributed by atoms with Gasteiger partial charge < -0.3 is 29.7 Å². The number of carboxylic acids is 1. The number of hydrogen-bond donors (Lipinski definition) is 3. The Kier molecular flexibility index (Phi) is 9.47. The summed E-state index contributed by atoms with van der Waals surface area (Å²) in [6, 6.07) is 0. The fourth-order valence-corrected chi connectivity index (χ4v) is 14.3. The number of nitrogens with one attached hydrogen (secondary N) is 1. The van der Waals surface area contributed by atoms with Gasteiger partial charge in [0.2, 0.25) is 11.7 Å². The molecule has 51 heavy (non-hydrogen) atoms. The molecule has 10 nitrogen and oxygen atoms in total. The van der Waals surface area contributed by atoms with Crippen LogP contribution >= 0.6 is 0 Å². The largest absolute Gasteiger partial charge is 0.480 e. The third-order valence-corrected chi connectivity index (χ3v) is 17.2. The number of carbonyl (C=O) groups is 2. The van der Waals surface area contributed by atoms with Crippen molar-refractivity contribution in [1.82, 2.24) is 5.32 Å². The van der Waals surface area contributed by atoms with Crippen molar-refractivity contribution < 1.29 is 43.8 Å². The SMILES string of the molecule is C[C@H]1[C@@H](O[C@@H]2CC[C@@]3(C)[C@H](CC[C@@H]4[C@@H]3C[C@H](O)[C@]3(C)[C@@H]([C@H](C)CCC(=O)NCC(=O)O)CC[C@@H]43)C2)O[C@@H]2O[C@]3(C)CC[C@H]4[C@H](C)CC[C@@H]1[C@@]24OO3. The van der Waals surface area contributed by atoms with Gasteiger partial charge in [0.05, 0.1) is 12.2 Å². The molecule has 0 aromatic rings. The van der Waals surface area contributed by atoms with Gasteiger partial charge in [0, 0.05) is 24.7 Å². The van der Waals surface area contributed by atoms with Crippen molar-refractivity contribution in [2.75, 3.05) is 6.54 Å². The second-order valence-corrected chi connectivity index (χ2v) is 19.5. The molecule has 18 atom stereocenters. The van der Waals surface area contributed by atoms with Crippen LogP contribution in [-0.4, -0.2) is 64.8 Å². The molecule has 0 aromatic carbocycles. The van der Waals surface area contributed by atoms with Crippen molar-refractivity contribution in [2.45, 2.75) is 168 Å². The number of aliphatic carboxylic acids is 1. The molecule has 4 aliphatic heterocycles. The summed E-state index contributed by atoms with van der Waals surface area (Å²) in [5, 5.41) is 23.5. The van der Waals surface area contributed by atoms with E-state index in [1.165, 1.54) is 19.3 Å². The molecule has 9 aliphatic rings. The number of rotatable bonds is 8. The van der Waals surface area contributed by atoms with Crippen molar-refractivity contribution >= 4 is 11.9 Å². The molecule has 1 spiro atoms. The van der Waals surface area contributed by atoms with Crippen molar-refractivity contribution in [3.8, 4) is 0 Å². The highest BCUT2D eigenvalue weighted by atomic mass is 17.3. The lowest BCUT2D eigenvalue weighted by atomic mass is 9.43. The molecular formula is C41H65NO9. The Morgan fingerprint density at radius 2 is 1.69 bits per heavy atom. The van der Waals surface area contributed by atoms with Gasteiger partial charge in [-0.05, 0) is 142 Å². The number of ether oxygens (including phenoxy) is 3. The third-order valence-electron chi connectivity index (χ3n) is 17.2. The number of carboxylic acid groups (broad SMARTS) is 1. The fourth-order valence-electron chi connectivity index (χ4n) is 14.3. The molecule has 10 heteroatoms. The predicted molar refractivity (Wildman–Crippen MR) is 187 cm³/mol. The van der Waals surface area contributed by atoms with E-state index in [9.17, 15) is 14.7 Å². The standard InChI is InChI=1S/C41H65NO9/c1-22(8-14-34(44)42-21-35(45)46)28-12-13-31-27-10-9-25-19-26(15-17-38(25,4)32(27)20-33(43)40(28,31)6)47-36-24(3)30-11-7-23(2)29-16-18-39(5)49-37(48-36)41(29,30)51-50-39/h22-33,36-37,43H,7-21H2,1-6H3,(H,42,44)(H,45,46)/t22-,23-,24-,25-,26-,27+,28-,29+,30+,31+,32+,33+,36+,37-,38+,39+,40-,41-/m1/s1. The van der Waals surface area contributed by atoms with Crippen LogP contribution in [-0.2, 0) is 33.6 Å². The quantitative estimate of drug-likeness (QED) is 0.183. The van der Waals surface area contributed by atoms with Gasteiger partial charge in [-0.25, -0.2) is 9.78 Å². The van der Waals surface area contributed by atoms with Crippen molar-refractivity contribution in [1.29, 1.82) is 0 Å². The summed E-state index contributed by atoms with van der Waals surface area (Å²) >= 11 is 0. The summed E-state index contributed by atoms with van der Waals surface area (Å²) in [5.41, 5.74) is -0.523. The fraction of sp³-hybridized carbons (Fsp3) is 0.951. The maximum atomic E-state index is 12.3. The Morgan fingerprint density at radius 3 is 2.47 bits per heavy atom. The van der Waals surface area contributed by atoms with Crippen molar-refractivity contribution in [3.05, 3.63) is 0 Å². The summed E-state index contributed by atoms with van der Waals surface area (Å²) in [5.74, 6) is 2.19. The van der Waals surface area contributed by atoms with Crippen LogP contribution < -0.4 is 5.32 Å². The smallest absolute Gasteiger partial charge is 0.322 e. The zero-order chi connectivity index (χ0) is 36.1. The summed E-state index contributed by atoms with van der Waals surface area (Å²) in [4.78, 5) is 35.6. The van der Waals surface area contributed by atoms with E-state index in [4.69, 9.17) is 29.1 Å². The predicted octanol–water partition coefficient (Wildman–Crippen LogP) is 6.83. The topological polar surface area (TPSA) is 133 Å². The molecule has 288 valence electrons. The van der Waals surface area contributed by atoms with Gasteiger partial charge in [-0.3, -0.25) is 9.59 Å². The van der Waals surface area contributed by atoms with Crippen LogP contribution in [0.1, 0.15) is 131 Å². The summed E-state index contributed by atoms with van der Waals surface area (Å²) < 4.78 is 20.5. The molecule has 0 radical (unpaired) electrons. The van der Waals surface area contributed by atoms with E-state index in [0.717, 1.165) is 64.2 Å². The van der Waals surface area contributed by atoms with E-state index in [2.05, 4.69) is 39.9 Å². The number of carbonyl (C=O) groups excluding carboxylic acids is 1. The van der Waals surface area contributed by atoms with Crippen LogP contribution in [0.5, 0.6) is 0 Å². The van der Waals surface area contributed by atoms with Gasteiger partial charge >= 0.3 is 5.97 Å². The molecule has 4 saturated heterocycles. The van der Waals surface area contributed by atoms with Crippen LogP contribution in [0.25, 0.3) is 0 Å². The average Bonchev–Trinajstić information content (AvgIpc) is 3.30. The monoisotopic (exact) mass is 715 g/mol. The zero-order valence-electron chi connectivity index (χ0n) is 31.9. The first kappa shape index (κ1) is 36.7. The van der Waals surface area contributed by atoms with Crippen LogP contribution in [0.2, 0.25) is 0 Å². The van der Waals surface area contributed by atoms with E-state index in [1.807, 2.05) is 6.92 Å². The van der Waals surface area contributed by atoms with Crippen molar-refractivity contribution in [2.24, 2.45) is 70.0 Å². The summed E-state index contributed by atoms with van der Waals surface area (Å²) in [7, 11) is 0. The molecule has 5 saturated carbocycles. The van der Waals surface area contributed by atoms with E-state index in [-0.39, 0.29) is 53.6 Å². The molecule has 5 aliphatic carbocycles. The van der Waals surface area contributed by atoms with Crippen molar-refractivity contribution in [3.63, 3.8) is 0 Å². The Balaban J connectivity index is 0.920. The number of aliphatic hydroxyl groups is 1. The summed E-state index contributed by atoms with van der Waals surface area (Å²) in [6.45, 7) is 13.4. The first-order chi connectivity index (χ1) is 24.2. The Labute approximate surface area is 304 Å². The molecule has 9 fully saturated rings. The van der Waals surface area contributed by atoms with Gasteiger partial charge in [-0.15, -0.1) is 0 Å². The number of hydrogen-bond acceptors (Lipinski definition) is 8. The normalized spacial score (nSPS) is 53.5. The molecule has 3 N–H and O–H groups in total. The minimum absolute atomic E-state index is 0.144. The lowest BCUT2D eigenvalue weighted by Crippen LogP contribution is -2.70.